The molecule has 2 aromatic rings. The lowest BCUT2D eigenvalue weighted by atomic mass is 9.93. The van der Waals surface area contributed by atoms with Crippen LogP contribution in [0.3, 0.4) is 0 Å². The van der Waals surface area contributed by atoms with Crippen LogP contribution in [-0.2, 0) is 9.53 Å². The van der Waals surface area contributed by atoms with E-state index < -0.39 is 5.97 Å². The molecule has 23 heavy (non-hydrogen) atoms. The molecule has 0 aliphatic heterocycles. The van der Waals surface area contributed by atoms with Crippen molar-refractivity contribution in [3.05, 3.63) is 65.7 Å². The number of esters is 1. The van der Waals surface area contributed by atoms with Gasteiger partial charge in [0.25, 0.3) is 0 Å². The average Bonchev–Trinajstić information content (AvgIpc) is 2.59. The molecule has 1 atom stereocenters. The summed E-state index contributed by atoms with van der Waals surface area (Å²) in [6.07, 6.45) is 1.68. The van der Waals surface area contributed by atoms with Crippen LogP contribution in [0.5, 0.6) is 0 Å². The number of anilines is 1. The minimum Gasteiger partial charge on any atom is -0.465 e. The molecule has 120 valence electrons. The monoisotopic (exact) mass is 311 g/mol. The summed E-state index contributed by atoms with van der Waals surface area (Å²) in [5, 5.41) is 2.90. The summed E-state index contributed by atoms with van der Waals surface area (Å²) in [5.41, 5.74) is 2.00. The predicted molar refractivity (Wildman–Crippen MR) is 90.5 cm³/mol. The van der Waals surface area contributed by atoms with E-state index in [0.29, 0.717) is 11.3 Å². The van der Waals surface area contributed by atoms with Crippen molar-refractivity contribution < 1.29 is 14.3 Å². The Morgan fingerprint density at radius 2 is 1.83 bits per heavy atom. The maximum atomic E-state index is 12.6. The molecular formula is C19H21NO3. The van der Waals surface area contributed by atoms with E-state index in [-0.39, 0.29) is 11.8 Å². The second-order valence-corrected chi connectivity index (χ2v) is 5.31. The second-order valence-electron chi connectivity index (χ2n) is 5.31. The highest BCUT2D eigenvalue weighted by Gasteiger charge is 2.20. The van der Waals surface area contributed by atoms with E-state index >= 15 is 0 Å². The molecule has 1 unspecified atom stereocenters. The second kappa shape index (κ2) is 8.13. The van der Waals surface area contributed by atoms with Gasteiger partial charge >= 0.3 is 5.97 Å². The van der Waals surface area contributed by atoms with Crippen LogP contribution in [-0.4, -0.2) is 19.0 Å². The standard InChI is InChI=1S/C19H21NO3/c1-3-8-17(14-9-5-4-6-10-14)18(21)20-16-12-7-11-15(13-16)19(22)23-2/h4-7,9-13,17H,3,8H2,1-2H3,(H,20,21). The number of carbonyl (C=O) groups excluding carboxylic acids is 2. The van der Waals surface area contributed by atoms with Gasteiger partial charge in [0, 0.05) is 5.69 Å². The van der Waals surface area contributed by atoms with Crippen LogP contribution in [0.4, 0.5) is 5.69 Å². The zero-order chi connectivity index (χ0) is 16.7. The SMILES string of the molecule is CCCC(C(=O)Nc1cccc(C(=O)OC)c1)c1ccccc1. The maximum Gasteiger partial charge on any atom is 0.337 e. The van der Waals surface area contributed by atoms with Crippen LogP contribution >= 0.6 is 0 Å². The molecule has 2 rings (SSSR count). The zero-order valence-electron chi connectivity index (χ0n) is 13.4. The van der Waals surface area contributed by atoms with Gasteiger partial charge in [-0.05, 0) is 30.2 Å². The van der Waals surface area contributed by atoms with Gasteiger partial charge < -0.3 is 10.1 Å². The highest BCUT2D eigenvalue weighted by Crippen LogP contribution is 2.23. The van der Waals surface area contributed by atoms with E-state index in [2.05, 4.69) is 12.2 Å². The quantitative estimate of drug-likeness (QED) is 0.821. The summed E-state index contributed by atoms with van der Waals surface area (Å²) in [6.45, 7) is 2.06. The number of carbonyl (C=O) groups is 2. The van der Waals surface area contributed by atoms with Gasteiger partial charge in [-0.15, -0.1) is 0 Å². The number of methoxy groups -OCH3 is 1. The van der Waals surface area contributed by atoms with Gasteiger partial charge in [-0.3, -0.25) is 4.79 Å². The van der Waals surface area contributed by atoms with Crippen molar-refractivity contribution in [3.8, 4) is 0 Å². The van der Waals surface area contributed by atoms with Crippen LogP contribution in [0.25, 0.3) is 0 Å². The Bertz CT molecular complexity index is 667. The molecule has 0 aliphatic carbocycles. The van der Waals surface area contributed by atoms with Crippen molar-refractivity contribution in [3.63, 3.8) is 0 Å². The van der Waals surface area contributed by atoms with E-state index in [9.17, 15) is 9.59 Å². The normalized spacial score (nSPS) is 11.6. The van der Waals surface area contributed by atoms with E-state index in [1.54, 1.807) is 24.3 Å². The Hall–Kier alpha value is -2.62. The van der Waals surface area contributed by atoms with Crippen LogP contribution < -0.4 is 5.32 Å². The molecule has 4 nitrogen and oxygen atoms in total. The minimum atomic E-state index is -0.422. The Labute approximate surface area is 136 Å². The third-order valence-electron chi connectivity index (χ3n) is 3.65. The lowest BCUT2D eigenvalue weighted by Gasteiger charge is -2.17. The van der Waals surface area contributed by atoms with Gasteiger partial charge in [-0.1, -0.05) is 49.7 Å². The summed E-state index contributed by atoms with van der Waals surface area (Å²) in [4.78, 5) is 24.2. The Kier molecular flexibility index (Phi) is 5.92. The van der Waals surface area contributed by atoms with Crippen molar-refractivity contribution in [1.82, 2.24) is 0 Å². The van der Waals surface area contributed by atoms with Crippen molar-refractivity contribution >= 4 is 17.6 Å². The predicted octanol–water partition coefficient (Wildman–Crippen LogP) is 4.00. The van der Waals surface area contributed by atoms with E-state index in [4.69, 9.17) is 4.74 Å². The summed E-state index contributed by atoms with van der Waals surface area (Å²) in [6, 6.07) is 16.5. The number of hydrogen-bond acceptors (Lipinski definition) is 3. The molecule has 4 heteroatoms. The maximum absolute atomic E-state index is 12.6. The number of amides is 1. The molecule has 0 aromatic heterocycles. The molecule has 0 bridgehead atoms. The van der Waals surface area contributed by atoms with Crippen molar-refractivity contribution in [2.24, 2.45) is 0 Å². The Morgan fingerprint density at radius 3 is 2.48 bits per heavy atom. The van der Waals surface area contributed by atoms with Gasteiger partial charge in [0.2, 0.25) is 5.91 Å². The molecule has 1 amide bonds. The fraction of sp³-hybridized carbons (Fsp3) is 0.263. The first-order valence-corrected chi connectivity index (χ1v) is 7.70. The molecule has 0 fully saturated rings. The zero-order valence-corrected chi connectivity index (χ0v) is 13.4. The molecule has 0 spiro atoms. The number of nitrogens with one attached hydrogen (secondary N) is 1. The molecule has 0 radical (unpaired) electrons. The largest absolute Gasteiger partial charge is 0.465 e. The summed E-state index contributed by atoms with van der Waals surface area (Å²) >= 11 is 0. The Balaban J connectivity index is 2.17. The lowest BCUT2D eigenvalue weighted by Crippen LogP contribution is -2.21. The highest BCUT2D eigenvalue weighted by atomic mass is 16.5. The molecule has 0 aliphatic rings. The molecule has 0 saturated carbocycles. The van der Waals surface area contributed by atoms with E-state index in [0.717, 1.165) is 18.4 Å². The first-order valence-electron chi connectivity index (χ1n) is 7.70. The topological polar surface area (TPSA) is 55.4 Å². The van der Waals surface area contributed by atoms with Crippen molar-refractivity contribution in [1.29, 1.82) is 0 Å². The van der Waals surface area contributed by atoms with Crippen LogP contribution in [0.2, 0.25) is 0 Å². The molecule has 0 saturated heterocycles. The lowest BCUT2D eigenvalue weighted by molar-refractivity contribution is -0.117. The molecule has 0 heterocycles. The van der Waals surface area contributed by atoms with E-state index in [1.165, 1.54) is 7.11 Å². The fourth-order valence-electron chi connectivity index (χ4n) is 2.49. The fourth-order valence-corrected chi connectivity index (χ4v) is 2.49. The van der Waals surface area contributed by atoms with Gasteiger partial charge in [0.05, 0.1) is 18.6 Å². The molecule has 1 N–H and O–H groups in total. The number of rotatable bonds is 6. The van der Waals surface area contributed by atoms with Gasteiger partial charge in [0.1, 0.15) is 0 Å². The first kappa shape index (κ1) is 16.7. The Morgan fingerprint density at radius 1 is 1.09 bits per heavy atom. The molecule has 2 aromatic carbocycles. The number of ether oxygens (including phenoxy) is 1. The van der Waals surface area contributed by atoms with Gasteiger partial charge in [0.15, 0.2) is 0 Å². The smallest absolute Gasteiger partial charge is 0.337 e. The highest BCUT2D eigenvalue weighted by molar-refractivity contribution is 5.97. The van der Waals surface area contributed by atoms with Crippen LogP contribution in [0.1, 0.15) is 41.6 Å². The van der Waals surface area contributed by atoms with Crippen LogP contribution in [0.15, 0.2) is 54.6 Å². The van der Waals surface area contributed by atoms with Crippen molar-refractivity contribution in [2.45, 2.75) is 25.7 Å². The first-order chi connectivity index (χ1) is 11.2. The minimum absolute atomic E-state index is 0.0694. The number of benzene rings is 2. The van der Waals surface area contributed by atoms with Crippen LogP contribution in [0, 0.1) is 0 Å². The van der Waals surface area contributed by atoms with Gasteiger partial charge in [-0.25, -0.2) is 4.79 Å². The third kappa shape index (κ3) is 4.42. The van der Waals surface area contributed by atoms with Crippen molar-refractivity contribution in [2.75, 3.05) is 12.4 Å². The third-order valence-corrected chi connectivity index (χ3v) is 3.65. The average molecular weight is 311 g/mol. The summed E-state index contributed by atoms with van der Waals surface area (Å²) < 4.78 is 4.70. The summed E-state index contributed by atoms with van der Waals surface area (Å²) in [5.74, 6) is -0.697. The summed E-state index contributed by atoms with van der Waals surface area (Å²) in [7, 11) is 1.33. The van der Waals surface area contributed by atoms with Gasteiger partial charge in [-0.2, -0.15) is 0 Å². The number of hydrogen-bond donors (Lipinski definition) is 1. The van der Waals surface area contributed by atoms with E-state index in [1.807, 2.05) is 30.3 Å². The molecular weight excluding hydrogens is 290 g/mol.